The van der Waals surface area contributed by atoms with E-state index in [1.165, 1.54) is 5.56 Å². The van der Waals surface area contributed by atoms with Crippen LogP contribution in [0.1, 0.15) is 17.0 Å². The third-order valence-corrected chi connectivity index (χ3v) is 2.10. The summed E-state index contributed by atoms with van der Waals surface area (Å²) in [5.74, 6) is 0.308. The van der Waals surface area contributed by atoms with Crippen LogP contribution in [0.3, 0.4) is 0 Å². The first-order chi connectivity index (χ1) is 7.79. The van der Waals surface area contributed by atoms with Crippen LogP contribution in [0.4, 0.5) is 0 Å². The number of allylic oxidation sites excluding steroid dienone is 1. The molecule has 0 saturated heterocycles. The van der Waals surface area contributed by atoms with Gasteiger partial charge in [-0.1, -0.05) is 29.8 Å². The molecule has 0 fully saturated rings. The van der Waals surface area contributed by atoms with Gasteiger partial charge in [-0.15, -0.1) is 10.2 Å². The number of rotatable bonds is 2. The fourth-order valence-corrected chi connectivity index (χ4v) is 1.25. The molecule has 2 rings (SSSR count). The van der Waals surface area contributed by atoms with Crippen molar-refractivity contribution in [3.8, 4) is 6.07 Å². The van der Waals surface area contributed by atoms with Crippen LogP contribution in [0.2, 0.25) is 0 Å². The number of nitrogens with one attached hydrogen (secondary N) is 1. The van der Waals surface area contributed by atoms with E-state index >= 15 is 0 Å². The van der Waals surface area contributed by atoms with Crippen molar-refractivity contribution >= 4 is 11.6 Å². The number of tetrazole rings is 1. The lowest BCUT2D eigenvalue weighted by Gasteiger charge is -1.95. The summed E-state index contributed by atoms with van der Waals surface area (Å²) in [7, 11) is 0. The van der Waals surface area contributed by atoms with Gasteiger partial charge in [0.25, 0.3) is 0 Å². The highest BCUT2D eigenvalue weighted by molar-refractivity contribution is 5.86. The van der Waals surface area contributed by atoms with Crippen molar-refractivity contribution in [3.05, 3.63) is 41.2 Å². The zero-order chi connectivity index (χ0) is 11.4. The Hall–Kier alpha value is -2.48. The standard InChI is InChI=1S/C11H9N5/c1-8-2-4-9(5-3-8)6-10(7-12)11-13-15-16-14-11/h2-6H,1H3,(H,13,14,15,16)/b10-6+. The van der Waals surface area contributed by atoms with Gasteiger partial charge >= 0.3 is 0 Å². The minimum absolute atomic E-state index is 0.308. The van der Waals surface area contributed by atoms with Crippen LogP contribution in [0, 0.1) is 18.3 Å². The monoisotopic (exact) mass is 211 g/mol. The van der Waals surface area contributed by atoms with Crippen molar-refractivity contribution in [3.63, 3.8) is 0 Å². The molecule has 1 N–H and O–H groups in total. The van der Waals surface area contributed by atoms with Crippen LogP contribution in [0.25, 0.3) is 11.6 Å². The van der Waals surface area contributed by atoms with Crippen LogP contribution in [-0.2, 0) is 0 Å². The summed E-state index contributed by atoms with van der Waals surface area (Å²) in [6, 6.07) is 9.88. The van der Waals surface area contributed by atoms with Gasteiger partial charge in [0, 0.05) is 0 Å². The second-order valence-electron chi connectivity index (χ2n) is 3.32. The van der Waals surface area contributed by atoms with Gasteiger partial charge < -0.3 is 0 Å². The predicted molar refractivity (Wildman–Crippen MR) is 58.8 cm³/mol. The normalized spacial score (nSPS) is 11.1. The second kappa shape index (κ2) is 4.36. The van der Waals surface area contributed by atoms with E-state index in [0.29, 0.717) is 11.4 Å². The lowest BCUT2D eigenvalue weighted by atomic mass is 10.1. The van der Waals surface area contributed by atoms with Crippen LogP contribution < -0.4 is 0 Å². The molecule has 1 aromatic carbocycles. The van der Waals surface area contributed by atoms with E-state index in [4.69, 9.17) is 5.26 Å². The molecule has 0 unspecified atom stereocenters. The molecule has 2 aromatic rings. The van der Waals surface area contributed by atoms with Gasteiger partial charge in [0.1, 0.15) is 11.6 Å². The SMILES string of the molecule is Cc1ccc(/C=C(\C#N)c2nn[nH]n2)cc1. The van der Waals surface area contributed by atoms with Gasteiger partial charge in [0.2, 0.25) is 5.82 Å². The third-order valence-electron chi connectivity index (χ3n) is 2.10. The summed E-state index contributed by atoms with van der Waals surface area (Å²) in [5.41, 5.74) is 2.50. The first-order valence-electron chi connectivity index (χ1n) is 4.72. The second-order valence-corrected chi connectivity index (χ2v) is 3.32. The van der Waals surface area contributed by atoms with E-state index in [9.17, 15) is 0 Å². The van der Waals surface area contributed by atoms with Crippen LogP contribution in [0.15, 0.2) is 24.3 Å². The largest absolute Gasteiger partial charge is 0.215 e. The van der Waals surface area contributed by atoms with E-state index < -0.39 is 0 Å². The molecule has 0 atom stereocenters. The molecule has 0 spiro atoms. The summed E-state index contributed by atoms with van der Waals surface area (Å²) in [6.45, 7) is 2.01. The molecule has 1 heterocycles. The first-order valence-corrected chi connectivity index (χ1v) is 4.72. The van der Waals surface area contributed by atoms with Gasteiger partial charge in [-0.05, 0) is 23.8 Å². The number of benzene rings is 1. The van der Waals surface area contributed by atoms with Crippen LogP contribution >= 0.6 is 0 Å². The smallest absolute Gasteiger partial charge is 0.192 e. The number of aryl methyl sites for hydroxylation is 1. The maximum absolute atomic E-state index is 8.97. The summed E-state index contributed by atoms with van der Waals surface area (Å²) < 4.78 is 0. The molecule has 0 radical (unpaired) electrons. The van der Waals surface area contributed by atoms with E-state index in [1.54, 1.807) is 6.08 Å². The Kier molecular flexibility index (Phi) is 2.74. The van der Waals surface area contributed by atoms with Crippen LogP contribution in [0.5, 0.6) is 0 Å². The molecule has 78 valence electrons. The summed E-state index contributed by atoms with van der Waals surface area (Å²) in [6.07, 6.45) is 1.73. The number of H-pyrrole nitrogens is 1. The number of hydrogen-bond donors (Lipinski definition) is 1. The highest BCUT2D eigenvalue weighted by atomic mass is 15.5. The highest BCUT2D eigenvalue weighted by Crippen LogP contribution is 2.13. The summed E-state index contributed by atoms with van der Waals surface area (Å²) in [4.78, 5) is 0. The van der Waals surface area contributed by atoms with Gasteiger partial charge in [-0.2, -0.15) is 10.5 Å². The molecular formula is C11H9N5. The minimum Gasteiger partial charge on any atom is -0.192 e. The number of nitriles is 1. The fourth-order valence-electron chi connectivity index (χ4n) is 1.25. The molecule has 0 aliphatic carbocycles. The summed E-state index contributed by atoms with van der Waals surface area (Å²) in [5, 5.41) is 22.2. The van der Waals surface area contributed by atoms with Gasteiger partial charge in [-0.25, -0.2) is 0 Å². The van der Waals surface area contributed by atoms with Crippen LogP contribution in [-0.4, -0.2) is 20.6 Å². The molecule has 5 nitrogen and oxygen atoms in total. The Balaban J connectivity index is 2.36. The first kappa shape index (κ1) is 10.1. The molecule has 16 heavy (non-hydrogen) atoms. The quantitative estimate of drug-likeness (QED) is 0.765. The lowest BCUT2D eigenvalue weighted by Crippen LogP contribution is -1.85. The maximum atomic E-state index is 8.97. The van der Waals surface area contributed by atoms with Crippen molar-refractivity contribution in [1.82, 2.24) is 20.6 Å². The topological polar surface area (TPSA) is 78.2 Å². The van der Waals surface area contributed by atoms with Crippen molar-refractivity contribution in [2.45, 2.75) is 6.92 Å². The van der Waals surface area contributed by atoms with E-state index in [0.717, 1.165) is 5.56 Å². The molecule has 0 amide bonds. The molecule has 0 aliphatic heterocycles. The third kappa shape index (κ3) is 2.12. The maximum Gasteiger partial charge on any atom is 0.215 e. The Labute approximate surface area is 92.4 Å². The average molecular weight is 211 g/mol. The van der Waals surface area contributed by atoms with Crippen molar-refractivity contribution in [2.75, 3.05) is 0 Å². The Bertz CT molecular complexity index is 531. The Morgan fingerprint density at radius 1 is 1.38 bits per heavy atom. The zero-order valence-corrected chi connectivity index (χ0v) is 8.68. The highest BCUT2D eigenvalue weighted by Gasteiger charge is 2.05. The molecule has 0 aliphatic rings. The van der Waals surface area contributed by atoms with Gasteiger partial charge in [-0.3, -0.25) is 0 Å². The average Bonchev–Trinajstić information content (AvgIpc) is 2.82. The molecule has 0 bridgehead atoms. The number of hydrogen-bond acceptors (Lipinski definition) is 4. The van der Waals surface area contributed by atoms with E-state index in [2.05, 4.69) is 20.6 Å². The van der Waals surface area contributed by atoms with Gasteiger partial charge in [0.15, 0.2) is 0 Å². The zero-order valence-electron chi connectivity index (χ0n) is 8.68. The predicted octanol–water partition coefficient (Wildman–Crippen LogP) is 1.57. The number of nitrogens with zero attached hydrogens (tertiary/aromatic N) is 4. The van der Waals surface area contributed by atoms with Crippen molar-refractivity contribution in [2.24, 2.45) is 0 Å². The minimum atomic E-state index is 0.308. The van der Waals surface area contributed by atoms with Crippen molar-refractivity contribution < 1.29 is 0 Å². The number of aromatic nitrogens is 4. The Morgan fingerprint density at radius 3 is 2.69 bits per heavy atom. The van der Waals surface area contributed by atoms with E-state index in [-0.39, 0.29) is 0 Å². The lowest BCUT2D eigenvalue weighted by molar-refractivity contribution is 0.881. The van der Waals surface area contributed by atoms with Crippen molar-refractivity contribution in [1.29, 1.82) is 5.26 Å². The molecule has 5 heteroatoms. The fraction of sp³-hybridized carbons (Fsp3) is 0.0909. The van der Waals surface area contributed by atoms with Gasteiger partial charge in [0.05, 0.1) is 0 Å². The molecule has 1 aromatic heterocycles. The Morgan fingerprint density at radius 2 is 2.12 bits per heavy atom. The number of aromatic amines is 1. The summed E-state index contributed by atoms with van der Waals surface area (Å²) >= 11 is 0. The van der Waals surface area contributed by atoms with E-state index in [1.807, 2.05) is 37.3 Å². The molecule has 0 saturated carbocycles. The molecular weight excluding hydrogens is 202 g/mol.